The quantitative estimate of drug-likeness (QED) is 0.756. The van der Waals surface area contributed by atoms with E-state index in [9.17, 15) is 4.79 Å². The molecule has 0 saturated heterocycles. The second-order valence-electron chi connectivity index (χ2n) is 4.57. The number of hydrogen-bond donors (Lipinski definition) is 0. The number of benzene rings is 1. The highest BCUT2D eigenvalue weighted by atomic mass is 16.1. The molecular weight excluding hydrogens is 224 g/mol. The van der Waals surface area contributed by atoms with E-state index in [2.05, 4.69) is 35.9 Å². The minimum atomic E-state index is -0.108. The molecule has 0 bridgehead atoms. The van der Waals surface area contributed by atoms with Gasteiger partial charge in [-0.25, -0.2) is 9.97 Å². The molecule has 18 heavy (non-hydrogen) atoms. The van der Waals surface area contributed by atoms with Gasteiger partial charge >= 0.3 is 0 Å². The molecule has 0 saturated carbocycles. The molecule has 0 fully saturated rings. The number of ketones is 1. The van der Waals surface area contributed by atoms with E-state index in [-0.39, 0.29) is 11.6 Å². The van der Waals surface area contributed by atoms with Crippen molar-refractivity contribution in [3.63, 3.8) is 0 Å². The third-order valence-electron chi connectivity index (χ3n) is 2.97. The highest BCUT2D eigenvalue weighted by Gasteiger charge is 2.08. The SMILES string of the molecule is CC(=O)c1nc(C)cc(-c2ccc(C)c(C)c2)n1. The summed E-state index contributed by atoms with van der Waals surface area (Å²) in [6.45, 7) is 7.50. The van der Waals surface area contributed by atoms with E-state index in [1.807, 2.05) is 19.1 Å². The maximum Gasteiger partial charge on any atom is 0.196 e. The summed E-state index contributed by atoms with van der Waals surface area (Å²) < 4.78 is 0. The van der Waals surface area contributed by atoms with Gasteiger partial charge in [-0.1, -0.05) is 12.1 Å². The minimum absolute atomic E-state index is 0.108. The van der Waals surface area contributed by atoms with Crippen LogP contribution in [-0.2, 0) is 0 Å². The molecule has 2 rings (SSSR count). The van der Waals surface area contributed by atoms with Gasteiger partial charge in [-0.3, -0.25) is 4.79 Å². The molecule has 0 atom stereocenters. The van der Waals surface area contributed by atoms with Gasteiger partial charge in [-0.05, 0) is 44.0 Å². The molecule has 0 spiro atoms. The number of carbonyl (C=O) groups is 1. The summed E-state index contributed by atoms with van der Waals surface area (Å²) in [5, 5.41) is 0. The number of aromatic nitrogens is 2. The number of Topliss-reactive ketones (excluding diaryl/α,β-unsaturated/α-hetero) is 1. The van der Waals surface area contributed by atoms with Gasteiger partial charge in [-0.15, -0.1) is 0 Å². The summed E-state index contributed by atoms with van der Waals surface area (Å²) >= 11 is 0. The Morgan fingerprint density at radius 3 is 2.33 bits per heavy atom. The van der Waals surface area contributed by atoms with Gasteiger partial charge < -0.3 is 0 Å². The Labute approximate surface area is 107 Å². The Bertz CT molecular complexity index is 618. The minimum Gasteiger partial charge on any atom is -0.291 e. The number of hydrogen-bond acceptors (Lipinski definition) is 3. The highest BCUT2D eigenvalue weighted by molar-refractivity contribution is 5.90. The molecule has 0 unspecified atom stereocenters. The fourth-order valence-corrected chi connectivity index (χ4v) is 1.77. The van der Waals surface area contributed by atoms with E-state index in [1.165, 1.54) is 18.1 Å². The average molecular weight is 240 g/mol. The fraction of sp³-hybridized carbons (Fsp3) is 0.267. The molecule has 1 aromatic carbocycles. The Hall–Kier alpha value is -2.03. The van der Waals surface area contributed by atoms with E-state index >= 15 is 0 Å². The largest absolute Gasteiger partial charge is 0.291 e. The summed E-state index contributed by atoms with van der Waals surface area (Å²) in [6, 6.07) is 8.07. The highest BCUT2D eigenvalue weighted by Crippen LogP contribution is 2.21. The van der Waals surface area contributed by atoms with Crippen LogP contribution in [0.2, 0.25) is 0 Å². The third kappa shape index (κ3) is 2.45. The molecule has 0 aliphatic heterocycles. The second kappa shape index (κ2) is 4.69. The summed E-state index contributed by atoms with van der Waals surface area (Å²) in [6.07, 6.45) is 0. The normalized spacial score (nSPS) is 10.4. The maximum atomic E-state index is 11.4. The van der Waals surface area contributed by atoms with Crippen molar-refractivity contribution in [2.45, 2.75) is 27.7 Å². The van der Waals surface area contributed by atoms with Crippen LogP contribution in [-0.4, -0.2) is 15.8 Å². The summed E-state index contributed by atoms with van der Waals surface area (Å²) in [5.74, 6) is 0.173. The molecule has 0 N–H and O–H groups in total. The summed E-state index contributed by atoms with van der Waals surface area (Å²) in [5.41, 5.74) is 5.09. The van der Waals surface area contributed by atoms with Crippen LogP contribution in [0.1, 0.15) is 34.4 Å². The second-order valence-corrected chi connectivity index (χ2v) is 4.57. The molecule has 1 aromatic heterocycles. The summed E-state index contributed by atoms with van der Waals surface area (Å²) in [7, 11) is 0. The first kappa shape index (κ1) is 12.4. The molecule has 2 aromatic rings. The molecule has 0 aliphatic rings. The average Bonchev–Trinajstić information content (AvgIpc) is 2.31. The van der Waals surface area contributed by atoms with E-state index in [1.54, 1.807) is 0 Å². The van der Waals surface area contributed by atoms with Crippen molar-refractivity contribution in [3.8, 4) is 11.3 Å². The molecule has 0 aliphatic carbocycles. The van der Waals surface area contributed by atoms with Crippen LogP contribution in [0, 0.1) is 20.8 Å². The van der Waals surface area contributed by atoms with Crippen molar-refractivity contribution < 1.29 is 4.79 Å². The van der Waals surface area contributed by atoms with Crippen molar-refractivity contribution >= 4 is 5.78 Å². The Morgan fingerprint density at radius 1 is 1.00 bits per heavy atom. The monoisotopic (exact) mass is 240 g/mol. The lowest BCUT2D eigenvalue weighted by atomic mass is 10.0. The van der Waals surface area contributed by atoms with E-state index in [0.717, 1.165) is 17.0 Å². The number of rotatable bonds is 2. The predicted octanol–water partition coefficient (Wildman–Crippen LogP) is 3.27. The van der Waals surface area contributed by atoms with Crippen LogP contribution in [0.4, 0.5) is 0 Å². The van der Waals surface area contributed by atoms with E-state index < -0.39 is 0 Å². The smallest absolute Gasteiger partial charge is 0.196 e. The fourth-order valence-electron chi connectivity index (χ4n) is 1.77. The van der Waals surface area contributed by atoms with Gasteiger partial charge in [0.1, 0.15) is 0 Å². The van der Waals surface area contributed by atoms with Crippen molar-refractivity contribution in [2.24, 2.45) is 0 Å². The molecule has 1 heterocycles. The number of nitrogens with zero attached hydrogens (tertiary/aromatic N) is 2. The topological polar surface area (TPSA) is 42.9 Å². The number of aryl methyl sites for hydroxylation is 3. The lowest BCUT2D eigenvalue weighted by molar-refractivity contribution is 0.100. The van der Waals surface area contributed by atoms with Crippen molar-refractivity contribution in [1.82, 2.24) is 9.97 Å². The van der Waals surface area contributed by atoms with Crippen LogP contribution in [0.5, 0.6) is 0 Å². The van der Waals surface area contributed by atoms with E-state index in [4.69, 9.17) is 0 Å². The molecule has 0 radical (unpaired) electrons. The Balaban J connectivity index is 2.56. The maximum absolute atomic E-state index is 11.4. The third-order valence-corrected chi connectivity index (χ3v) is 2.97. The van der Waals surface area contributed by atoms with Gasteiger partial charge in [0, 0.05) is 18.2 Å². The van der Waals surface area contributed by atoms with Crippen LogP contribution in [0.25, 0.3) is 11.3 Å². The molecular formula is C15H16N2O. The van der Waals surface area contributed by atoms with Crippen LogP contribution >= 0.6 is 0 Å². The van der Waals surface area contributed by atoms with Gasteiger partial charge in [0.25, 0.3) is 0 Å². The standard InChI is InChI=1S/C15H16N2O/c1-9-5-6-13(7-10(9)2)14-8-11(3)16-15(17-14)12(4)18/h5-8H,1-4H3. The van der Waals surface area contributed by atoms with Crippen LogP contribution in [0.3, 0.4) is 0 Å². The predicted molar refractivity (Wildman–Crippen MR) is 71.7 cm³/mol. The van der Waals surface area contributed by atoms with Gasteiger partial charge in [0.2, 0.25) is 0 Å². The zero-order valence-electron chi connectivity index (χ0n) is 11.1. The van der Waals surface area contributed by atoms with Gasteiger partial charge in [0.05, 0.1) is 5.69 Å². The zero-order chi connectivity index (χ0) is 13.3. The Kier molecular flexibility index (Phi) is 3.24. The van der Waals surface area contributed by atoms with Crippen molar-refractivity contribution in [2.75, 3.05) is 0 Å². The lowest BCUT2D eigenvalue weighted by Crippen LogP contribution is -2.03. The zero-order valence-corrected chi connectivity index (χ0v) is 11.1. The molecule has 0 amide bonds. The van der Waals surface area contributed by atoms with Crippen LogP contribution in [0.15, 0.2) is 24.3 Å². The number of carbonyl (C=O) groups excluding carboxylic acids is 1. The molecule has 92 valence electrons. The first-order valence-corrected chi connectivity index (χ1v) is 5.91. The first-order chi connectivity index (χ1) is 8.47. The van der Waals surface area contributed by atoms with Crippen molar-refractivity contribution in [3.05, 3.63) is 46.9 Å². The Morgan fingerprint density at radius 2 is 1.72 bits per heavy atom. The lowest BCUT2D eigenvalue weighted by Gasteiger charge is -2.07. The molecule has 3 nitrogen and oxygen atoms in total. The van der Waals surface area contributed by atoms with Crippen LogP contribution < -0.4 is 0 Å². The van der Waals surface area contributed by atoms with E-state index in [0.29, 0.717) is 0 Å². The first-order valence-electron chi connectivity index (χ1n) is 5.91. The van der Waals surface area contributed by atoms with Crippen molar-refractivity contribution in [1.29, 1.82) is 0 Å². The van der Waals surface area contributed by atoms with Gasteiger partial charge in [-0.2, -0.15) is 0 Å². The summed E-state index contributed by atoms with van der Waals surface area (Å²) in [4.78, 5) is 19.8. The van der Waals surface area contributed by atoms with Gasteiger partial charge in [0.15, 0.2) is 11.6 Å². The molecule has 3 heteroatoms.